The zero-order valence-corrected chi connectivity index (χ0v) is 14.4. The number of carbonyl (C=O) groups is 1. The molecule has 6 rings (SSSR count). The molecule has 0 saturated heterocycles. The normalized spacial score (nSPS) is 36.1. The molecule has 0 spiro atoms. The molecule has 3 unspecified atom stereocenters. The third kappa shape index (κ3) is 2.27. The van der Waals surface area contributed by atoms with Crippen molar-refractivity contribution in [2.45, 2.75) is 50.7 Å². The van der Waals surface area contributed by atoms with Crippen LogP contribution in [0.25, 0.3) is 11.0 Å². The van der Waals surface area contributed by atoms with Crippen molar-refractivity contribution < 1.29 is 9.90 Å². The summed E-state index contributed by atoms with van der Waals surface area (Å²) in [6, 6.07) is 2.30. The standard InChI is InChI=1S/C19H24N4O2/c1-9-2-13-16(14(17(20)24)8-21-18(13)22-9)23-15-11-3-10-4-12(15)7-19(25,5-10)6-11/h2,8,10-12,15,25H,3-7H2,1H3,(H2,20,24)(H2,21,22,23)/t10?,11-,12+,15?,19?. The number of primary amides is 1. The van der Waals surface area contributed by atoms with E-state index in [2.05, 4.69) is 15.3 Å². The molecule has 6 nitrogen and oxygen atoms in total. The summed E-state index contributed by atoms with van der Waals surface area (Å²) < 4.78 is 0. The number of carbonyl (C=O) groups excluding carboxylic acids is 1. The Bertz CT molecular complexity index is 858. The molecule has 0 aliphatic heterocycles. The first-order chi connectivity index (χ1) is 11.9. The molecule has 1 amide bonds. The number of nitrogens with two attached hydrogens (primary N) is 1. The minimum absolute atomic E-state index is 0.288. The Hall–Kier alpha value is -2.08. The molecule has 2 aromatic heterocycles. The maximum absolute atomic E-state index is 12.0. The van der Waals surface area contributed by atoms with Crippen LogP contribution in [0.3, 0.4) is 0 Å². The molecule has 5 atom stereocenters. The van der Waals surface area contributed by atoms with Crippen molar-refractivity contribution in [3.63, 3.8) is 0 Å². The molecule has 4 fully saturated rings. The van der Waals surface area contributed by atoms with E-state index in [-0.39, 0.29) is 6.04 Å². The van der Waals surface area contributed by atoms with E-state index in [0.29, 0.717) is 23.3 Å². The lowest BCUT2D eigenvalue weighted by Gasteiger charge is -2.58. The molecule has 25 heavy (non-hydrogen) atoms. The SMILES string of the molecule is Cc1cc2c(NC3[C@@H]4CC5C[C@H]3CC(O)(C5)C4)c(C(N)=O)cnc2[nH]1. The van der Waals surface area contributed by atoms with Crippen molar-refractivity contribution in [1.29, 1.82) is 0 Å². The van der Waals surface area contributed by atoms with Crippen LogP contribution in [-0.4, -0.2) is 32.6 Å². The Balaban J connectivity index is 1.56. The fraction of sp³-hybridized carbons (Fsp3) is 0.579. The molecule has 4 bridgehead atoms. The molecule has 0 radical (unpaired) electrons. The van der Waals surface area contributed by atoms with Gasteiger partial charge in [-0.1, -0.05) is 0 Å². The number of aryl methyl sites for hydroxylation is 1. The summed E-state index contributed by atoms with van der Waals surface area (Å²) in [5.74, 6) is 1.11. The fourth-order valence-electron chi connectivity index (χ4n) is 5.93. The van der Waals surface area contributed by atoms with Crippen molar-refractivity contribution >= 4 is 22.6 Å². The lowest BCUT2D eigenvalue weighted by atomic mass is 9.52. The van der Waals surface area contributed by atoms with Crippen LogP contribution in [0.15, 0.2) is 12.3 Å². The number of hydrogen-bond acceptors (Lipinski definition) is 4. The molecule has 6 heteroatoms. The van der Waals surface area contributed by atoms with Crippen LogP contribution in [0, 0.1) is 24.7 Å². The molecular weight excluding hydrogens is 316 g/mol. The van der Waals surface area contributed by atoms with Gasteiger partial charge in [0.2, 0.25) is 0 Å². The maximum Gasteiger partial charge on any atom is 0.252 e. The zero-order chi connectivity index (χ0) is 17.3. The first kappa shape index (κ1) is 15.2. The van der Waals surface area contributed by atoms with Gasteiger partial charge in [0.05, 0.1) is 16.9 Å². The van der Waals surface area contributed by atoms with Crippen LogP contribution < -0.4 is 11.1 Å². The highest BCUT2D eigenvalue weighted by Crippen LogP contribution is 2.56. The van der Waals surface area contributed by atoms with Crippen LogP contribution in [0.5, 0.6) is 0 Å². The topological polar surface area (TPSA) is 104 Å². The number of hydrogen-bond donors (Lipinski definition) is 4. The van der Waals surface area contributed by atoms with E-state index < -0.39 is 11.5 Å². The molecule has 2 heterocycles. The van der Waals surface area contributed by atoms with Gasteiger partial charge >= 0.3 is 0 Å². The summed E-state index contributed by atoms with van der Waals surface area (Å²) in [5.41, 5.74) is 8.17. The average Bonchev–Trinajstić information content (AvgIpc) is 2.89. The third-order valence-electron chi connectivity index (χ3n) is 6.61. The van der Waals surface area contributed by atoms with Crippen molar-refractivity contribution in [3.8, 4) is 0 Å². The zero-order valence-electron chi connectivity index (χ0n) is 14.4. The number of rotatable bonds is 3. The first-order valence-electron chi connectivity index (χ1n) is 9.19. The summed E-state index contributed by atoms with van der Waals surface area (Å²) in [7, 11) is 0. The van der Waals surface area contributed by atoms with E-state index in [9.17, 15) is 9.90 Å². The molecule has 4 aliphatic rings. The smallest absolute Gasteiger partial charge is 0.252 e. The molecule has 132 valence electrons. The molecule has 4 aliphatic carbocycles. The van der Waals surface area contributed by atoms with Gasteiger partial charge in [-0.3, -0.25) is 4.79 Å². The van der Waals surface area contributed by atoms with Crippen LogP contribution in [0.1, 0.15) is 48.2 Å². The largest absolute Gasteiger partial charge is 0.390 e. The molecule has 4 saturated carbocycles. The molecular formula is C19H24N4O2. The van der Waals surface area contributed by atoms with Crippen molar-refractivity contribution in [3.05, 3.63) is 23.5 Å². The van der Waals surface area contributed by atoms with E-state index in [4.69, 9.17) is 5.73 Å². The van der Waals surface area contributed by atoms with E-state index in [1.54, 1.807) is 6.20 Å². The Morgan fingerprint density at radius 3 is 2.72 bits per heavy atom. The lowest BCUT2D eigenvalue weighted by molar-refractivity contribution is -0.129. The average molecular weight is 340 g/mol. The highest BCUT2D eigenvalue weighted by molar-refractivity contribution is 6.06. The number of pyridine rings is 1. The summed E-state index contributed by atoms with van der Waals surface area (Å²) in [4.78, 5) is 19.5. The van der Waals surface area contributed by atoms with Crippen LogP contribution in [0.2, 0.25) is 0 Å². The van der Waals surface area contributed by atoms with Crippen molar-refractivity contribution in [1.82, 2.24) is 9.97 Å². The van der Waals surface area contributed by atoms with Gasteiger partial charge in [-0.15, -0.1) is 0 Å². The second kappa shape index (κ2) is 4.97. The molecule has 2 aromatic rings. The quantitative estimate of drug-likeness (QED) is 0.688. The van der Waals surface area contributed by atoms with Gasteiger partial charge in [-0.2, -0.15) is 0 Å². The second-order valence-electron chi connectivity index (χ2n) is 8.49. The van der Waals surface area contributed by atoms with E-state index >= 15 is 0 Å². The van der Waals surface area contributed by atoms with Gasteiger partial charge in [-0.05, 0) is 62.8 Å². The van der Waals surface area contributed by atoms with Gasteiger partial charge in [0, 0.05) is 23.3 Å². The highest BCUT2D eigenvalue weighted by atomic mass is 16.3. The summed E-state index contributed by atoms with van der Waals surface area (Å²) in [5, 5.41) is 15.4. The summed E-state index contributed by atoms with van der Waals surface area (Å²) >= 11 is 0. The van der Waals surface area contributed by atoms with E-state index in [0.717, 1.165) is 41.7 Å². The van der Waals surface area contributed by atoms with Crippen LogP contribution in [0.4, 0.5) is 5.69 Å². The summed E-state index contributed by atoms with van der Waals surface area (Å²) in [6.45, 7) is 1.98. The van der Waals surface area contributed by atoms with Gasteiger partial charge in [0.25, 0.3) is 5.91 Å². The number of nitrogens with one attached hydrogen (secondary N) is 2. The van der Waals surface area contributed by atoms with Gasteiger partial charge in [0.15, 0.2) is 0 Å². The van der Waals surface area contributed by atoms with E-state index in [1.165, 1.54) is 12.8 Å². The Morgan fingerprint density at radius 1 is 1.36 bits per heavy atom. The number of amides is 1. The van der Waals surface area contributed by atoms with Gasteiger partial charge in [-0.25, -0.2) is 4.98 Å². The number of aliphatic hydroxyl groups is 1. The third-order valence-corrected chi connectivity index (χ3v) is 6.61. The van der Waals surface area contributed by atoms with Crippen LogP contribution >= 0.6 is 0 Å². The number of fused-ring (bicyclic) bond motifs is 1. The van der Waals surface area contributed by atoms with Crippen molar-refractivity contribution in [2.75, 3.05) is 5.32 Å². The number of aromatic amines is 1. The number of nitrogens with zero attached hydrogens (tertiary/aromatic N) is 1. The van der Waals surface area contributed by atoms with Crippen molar-refractivity contribution in [2.24, 2.45) is 23.5 Å². The molecule has 5 N–H and O–H groups in total. The highest BCUT2D eigenvalue weighted by Gasteiger charge is 2.54. The lowest BCUT2D eigenvalue weighted by Crippen LogP contribution is -2.59. The molecule has 0 aromatic carbocycles. The van der Waals surface area contributed by atoms with Crippen LogP contribution in [-0.2, 0) is 0 Å². The van der Waals surface area contributed by atoms with Gasteiger partial charge in [0.1, 0.15) is 5.65 Å². The number of anilines is 1. The maximum atomic E-state index is 12.0. The Kier molecular flexibility index (Phi) is 3.02. The fourth-order valence-corrected chi connectivity index (χ4v) is 5.93. The first-order valence-corrected chi connectivity index (χ1v) is 9.19. The Labute approximate surface area is 146 Å². The van der Waals surface area contributed by atoms with E-state index in [1.807, 2.05) is 13.0 Å². The second-order valence-corrected chi connectivity index (χ2v) is 8.49. The summed E-state index contributed by atoms with van der Waals surface area (Å²) in [6.07, 6.45) is 6.60. The van der Waals surface area contributed by atoms with Gasteiger partial charge < -0.3 is 21.1 Å². The Morgan fingerprint density at radius 2 is 2.08 bits per heavy atom. The predicted molar refractivity (Wildman–Crippen MR) is 95.3 cm³/mol. The monoisotopic (exact) mass is 340 g/mol. The minimum atomic E-state index is -0.460. The number of H-pyrrole nitrogens is 1. The minimum Gasteiger partial charge on any atom is -0.390 e. The number of aromatic nitrogens is 2. The predicted octanol–water partition coefficient (Wildman–Crippen LogP) is 2.32.